The molecule has 0 unspecified atom stereocenters. The van der Waals surface area contributed by atoms with E-state index < -0.39 is 0 Å². The van der Waals surface area contributed by atoms with Crippen LogP contribution in [-0.4, -0.2) is 34.2 Å². The first kappa shape index (κ1) is 16.5. The van der Waals surface area contributed by atoms with Crippen molar-refractivity contribution < 1.29 is 9.90 Å². The fraction of sp³-hybridized carbons (Fsp3) is 0.200. The van der Waals surface area contributed by atoms with Crippen LogP contribution >= 0.6 is 23.2 Å². The van der Waals surface area contributed by atoms with Crippen LogP contribution in [0, 0.1) is 0 Å². The van der Waals surface area contributed by atoms with E-state index >= 15 is 0 Å². The first-order valence-corrected chi connectivity index (χ1v) is 7.36. The number of nitrogens with zero attached hydrogens (tertiary/aromatic N) is 2. The summed E-state index contributed by atoms with van der Waals surface area (Å²) in [5.41, 5.74) is 1.33. The molecule has 2 rings (SSSR count). The minimum absolute atomic E-state index is 0.137. The zero-order valence-electron chi connectivity index (χ0n) is 11.7. The standard InChI is InChI=1S/C15H15Cl2N3O2/c16-12-3-4-14(13(17)8-12)19-15(22)20(6-7-21)10-11-2-1-5-18-9-11/h1-5,8-9,21H,6-7,10H2,(H,19,22). The van der Waals surface area contributed by atoms with Gasteiger partial charge in [0.1, 0.15) is 0 Å². The molecule has 0 aliphatic rings. The van der Waals surface area contributed by atoms with Crippen LogP contribution in [0.25, 0.3) is 0 Å². The number of nitrogens with one attached hydrogen (secondary N) is 1. The lowest BCUT2D eigenvalue weighted by Gasteiger charge is -2.22. The first-order chi connectivity index (χ1) is 10.6. The minimum Gasteiger partial charge on any atom is -0.395 e. The second-order valence-electron chi connectivity index (χ2n) is 4.56. The van der Waals surface area contributed by atoms with Gasteiger partial charge in [-0.1, -0.05) is 29.3 Å². The zero-order chi connectivity index (χ0) is 15.9. The predicted molar refractivity (Wildman–Crippen MR) is 87.2 cm³/mol. The summed E-state index contributed by atoms with van der Waals surface area (Å²) in [6.45, 7) is 0.402. The highest BCUT2D eigenvalue weighted by atomic mass is 35.5. The number of aliphatic hydroxyl groups excluding tert-OH is 1. The van der Waals surface area contributed by atoms with Crippen LogP contribution in [0.15, 0.2) is 42.7 Å². The maximum Gasteiger partial charge on any atom is 0.322 e. The highest BCUT2D eigenvalue weighted by Gasteiger charge is 2.15. The number of hydrogen-bond donors (Lipinski definition) is 2. The van der Waals surface area contributed by atoms with Gasteiger partial charge in [-0.05, 0) is 29.8 Å². The van der Waals surface area contributed by atoms with Crippen LogP contribution < -0.4 is 5.32 Å². The Balaban J connectivity index is 2.09. The van der Waals surface area contributed by atoms with E-state index in [1.54, 1.807) is 36.7 Å². The van der Waals surface area contributed by atoms with E-state index in [0.29, 0.717) is 22.3 Å². The summed E-state index contributed by atoms with van der Waals surface area (Å²) in [4.78, 5) is 17.8. The van der Waals surface area contributed by atoms with Crippen LogP contribution in [0.5, 0.6) is 0 Å². The Kier molecular flexibility index (Phi) is 6.00. The smallest absolute Gasteiger partial charge is 0.322 e. The van der Waals surface area contributed by atoms with Gasteiger partial charge in [0.15, 0.2) is 0 Å². The van der Waals surface area contributed by atoms with E-state index in [4.69, 9.17) is 28.3 Å². The average Bonchev–Trinajstić information content (AvgIpc) is 2.50. The number of hydrogen-bond acceptors (Lipinski definition) is 3. The Morgan fingerprint density at radius 1 is 1.32 bits per heavy atom. The number of benzene rings is 1. The maximum atomic E-state index is 12.3. The van der Waals surface area contributed by atoms with Crippen LogP contribution in [-0.2, 0) is 6.54 Å². The molecule has 116 valence electrons. The molecule has 0 saturated carbocycles. The maximum absolute atomic E-state index is 12.3. The molecule has 0 atom stereocenters. The summed E-state index contributed by atoms with van der Waals surface area (Å²) in [6, 6.07) is 8.11. The van der Waals surface area contributed by atoms with Crippen LogP contribution in [0.4, 0.5) is 10.5 Å². The molecular formula is C15H15Cl2N3O2. The summed E-state index contributed by atoms with van der Waals surface area (Å²) in [6.07, 6.45) is 3.33. The molecule has 1 aromatic heterocycles. The number of aromatic nitrogens is 1. The van der Waals surface area contributed by atoms with Crippen LogP contribution in [0.2, 0.25) is 10.0 Å². The second-order valence-corrected chi connectivity index (χ2v) is 5.40. The Hall–Kier alpha value is -1.82. The molecule has 7 heteroatoms. The lowest BCUT2D eigenvalue weighted by molar-refractivity contribution is 0.185. The third kappa shape index (κ3) is 4.59. The number of anilines is 1. The quantitative estimate of drug-likeness (QED) is 0.877. The molecule has 1 heterocycles. The number of aliphatic hydroxyl groups is 1. The van der Waals surface area contributed by atoms with Gasteiger partial charge in [0.25, 0.3) is 0 Å². The lowest BCUT2D eigenvalue weighted by atomic mass is 10.2. The van der Waals surface area contributed by atoms with Gasteiger partial charge in [-0.25, -0.2) is 4.79 Å². The van der Waals surface area contributed by atoms with Gasteiger partial charge in [0.05, 0.1) is 17.3 Å². The molecule has 0 aliphatic heterocycles. The molecule has 0 radical (unpaired) electrons. The Labute approximate surface area is 138 Å². The SMILES string of the molecule is O=C(Nc1ccc(Cl)cc1Cl)N(CCO)Cc1cccnc1. The van der Waals surface area contributed by atoms with Gasteiger partial charge in [0, 0.05) is 30.5 Å². The number of amides is 2. The number of rotatable bonds is 5. The molecule has 2 amide bonds. The summed E-state index contributed by atoms with van der Waals surface area (Å²) >= 11 is 11.9. The van der Waals surface area contributed by atoms with Crippen molar-refractivity contribution in [2.24, 2.45) is 0 Å². The molecule has 5 nitrogen and oxygen atoms in total. The predicted octanol–water partition coefficient (Wildman–Crippen LogP) is 3.41. The van der Waals surface area contributed by atoms with Crippen LogP contribution in [0.3, 0.4) is 0 Å². The Bertz CT molecular complexity index is 638. The van der Waals surface area contributed by atoms with Crippen molar-refractivity contribution in [1.82, 2.24) is 9.88 Å². The molecule has 0 saturated heterocycles. The molecule has 0 aliphatic carbocycles. The highest BCUT2D eigenvalue weighted by molar-refractivity contribution is 6.36. The zero-order valence-corrected chi connectivity index (χ0v) is 13.2. The van der Waals surface area contributed by atoms with E-state index in [1.807, 2.05) is 6.07 Å². The van der Waals surface area contributed by atoms with Gasteiger partial charge >= 0.3 is 6.03 Å². The van der Waals surface area contributed by atoms with E-state index in [1.165, 1.54) is 4.90 Å². The van der Waals surface area contributed by atoms with Gasteiger partial charge in [0.2, 0.25) is 0 Å². The number of carbonyl (C=O) groups excluding carboxylic acids is 1. The number of carbonyl (C=O) groups is 1. The molecule has 2 N–H and O–H groups in total. The van der Waals surface area contributed by atoms with Gasteiger partial charge in [-0.2, -0.15) is 0 Å². The molecule has 1 aromatic carbocycles. The Morgan fingerprint density at radius 3 is 2.77 bits per heavy atom. The summed E-state index contributed by atoms with van der Waals surface area (Å²) < 4.78 is 0. The number of pyridine rings is 1. The molecule has 22 heavy (non-hydrogen) atoms. The Morgan fingerprint density at radius 2 is 2.14 bits per heavy atom. The van der Waals surface area contributed by atoms with E-state index in [-0.39, 0.29) is 19.2 Å². The van der Waals surface area contributed by atoms with E-state index in [2.05, 4.69) is 10.3 Å². The fourth-order valence-corrected chi connectivity index (χ4v) is 2.33. The highest BCUT2D eigenvalue weighted by Crippen LogP contribution is 2.25. The van der Waals surface area contributed by atoms with Crippen molar-refractivity contribution in [1.29, 1.82) is 0 Å². The third-order valence-electron chi connectivity index (χ3n) is 2.93. The molecule has 0 bridgehead atoms. The average molecular weight is 340 g/mol. The summed E-state index contributed by atoms with van der Waals surface area (Å²) in [5, 5.41) is 12.7. The number of halogens is 2. The monoisotopic (exact) mass is 339 g/mol. The van der Waals surface area contributed by atoms with E-state index in [0.717, 1.165) is 5.56 Å². The van der Waals surface area contributed by atoms with E-state index in [9.17, 15) is 4.79 Å². The normalized spacial score (nSPS) is 10.3. The molecular weight excluding hydrogens is 325 g/mol. The van der Waals surface area contributed by atoms with Gasteiger partial charge in [-0.15, -0.1) is 0 Å². The van der Waals surface area contributed by atoms with Crippen molar-refractivity contribution in [3.63, 3.8) is 0 Å². The summed E-state index contributed by atoms with van der Waals surface area (Å²) in [5.74, 6) is 0. The largest absolute Gasteiger partial charge is 0.395 e. The minimum atomic E-state index is -0.359. The van der Waals surface area contributed by atoms with Crippen molar-refractivity contribution in [3.05, 3.63) is 58.3 Å². The second kappa shape index (κ2) is 7.98. The molecule has 0 fully saturated rings. The van der Waals surface area contributed by atoms with Crippen molar-refractivity contribution in [2.45, 2.75) is 6.54 Å². The van der Waals surface area contributed by atoms with Gasteiger partial charge < -0.3 is 15.3 Å². The molecule has 0 spiro atoms. The third-order valence-corrected chi connectivity index (χ3v) is 3.47. The van der Waals surface area contributed by atoms with Crippen molar-refractivity contribution in [2.75, 3.05) is 18.5 Å². The lowest BCUT2D eigenvalue weighted by Crippen LogP contribution is -2.36. The number of urea groups is 1. The van der Waals surface area contributed by atoms with Gasteiger partial charge in [-0.3, -0.25) is 4.98 Å². The topological polar surface area (TPSA) is 65.5 Å². The summed E-state index contributed by atoms with van der Waals surface area (Å²) in [7, 11) is 0. The first-order valence-electron chi connectivity index (χ1n) is 6.61. The van der Waals surface area contributed by atoms with Crippen molar-refractivity contribution >= 4 is 34.9 Å². The van der Waals surface area contributed by atoms with Crippen molar-refractivity contribution in [3.8, 4) is 0 Å². The van der Waals surface area contributed by atoms with Crippen LogP contribution in [0.1, 0.15) is 5.56 Å². The molecule has 2 aromatic rings. The fourth-order valence-electron chi connectivity index (χ4n) is 1.87.